The van der Waals surface area contributed by atoms with Crippen molar-refractivity contribution in [3.63, 3.8) is 0 Å². The summed E-state index contributed by atoms with van der Waals surface area (Å²) in [4.78, 5) is 11.2. The molecule has 2 rings (SSSR count). The van der Waals surface area contributed by atoms with Gasteiger partial charge in [0.15, 0.2) is 0 Å². The third kappa shape index (κ3) is 2.45. The van der Waals surface area contributed by atoms with Crippen LogP contribution in [-0.2, 0) is 0 Å². The zero-order valence-electron chi connectivity index (χ0n) is 9.45. The molecule has 0 bridgehead atoms. The van der Waals surface area contributed by atoms with Crippen LogP contribution < -0.4 is 10.2 Å². The summed E-state index contributed by atoms with van der Waals surface area (Å²) >= 11 is 0. The summed E-state index contributed by atoms with van der Waals surface area (Å²) in [6.07, 6.45) is 3.06. The van der Waals surface area contributed by atoms with Crippen molar-refractivity contribution in [1.82, 2.24) is 15.3 Å². The molecule has 0 saturated carbocycles. The lowest BCUT2D eigenvalue weighted by Gasteiger charge is -2.21. The Morgan fingerprint density at radius 3 is 2.87 bits per heavy atom. The van der Waals surface area contributed by atoms with E-state index in [1.54, 1.807) is 0 Å². The second kappa shape index (κ2) is 4.57. The van der Waals surface area contributed by atoms with Gasteiger partial charge in [-0.05, 0) is 26.8 Å². The molecule has 82 valence electrons. The van der Waals surface area contributed by atoms with Crippen molar-refractivity contribution >= 4 is 5.82 Å². The molecule has 2 heterocycles. The van der Waals surface area contributed by atoms with Crippen molar-refractivity contribution in [3.05, 3.63) is 17.6 Å². The predicted molar refractivity (Wildman–Crippen MR) is 61.2 cm³/mol. The van der Waals surface area contributed by atoms with E-state index in [0.717, 1.165) is 43.4 Å². The van der Waals surface area contributed by atoms with Gasteiger partial charge in [0, 0.05) is 19.6 Å². The maximum absolute atomic E-state index is 4.57. The first-order valence-electron chi connectivity index (χ1n) is 5.53. The lowest BCUT2D eigenvalue weighted by molar-refractivity contribution is 0.724. The Hall–Kier alpha value is -1.16. The second-order valence-electron chi connectivity index (χ2n) is 3.99. The quantitative estimate of drug-likeness (QED) is 0.741. The number of rotatable bonds is 1. The average Bonchev–Trinajstić information content (AvgIpc) is 2.50. The van der Waals surface area contributed by atoms with Crippen LogP contribution in [0.5, 0.6) is 0 Å². The molecule has 15 heavy (non-hydrogen) atoms. The van der Waals surface area contributed by atoms with Crippen LogP contribution in [-0.4, -0.2) is 36.1 Å². The van der Waals surface area contributed by atoms with Crippen molar-refractivity contribution in [3.8, 4) is 0 Å². The minimum absolute atomic E-state index is 1.02. The first-order valence-corrected chi connectivity index (χ1v) is 5.53. The second-order valence-corrected chi connectivity index (χ2v) is 3.99. The van der Waals surface area contributed by atoms with Crippen LogP contribution in [0.4, 0.5) is 5.82 Å². The lowest BCUT2D eigenvalue weighted by Crippen LogP contribution is -2.28. The highest BCUT2D eigenvalue weighted by Crippen LogP contribution is 2.12. The summed E-state index contributed by atoms with van der Waals surface area (Å²) in [5.74, 6) is 1.02. The van der Waals surface area contributed by atoms with E-state index in [-0.39, 0.29) is 0 Å². The fourth-order valence-corrected chi connectivity index (χ4v) is 1.76. The number of nitrogens with zero attached hydrogens (tertiary/aromatic N) is 3. The molecule has 0 spiro atoms. The monoisotopic (exact) mass is 206 g/mol. The molecule has 0 aliphatic carbocycles. The topological polar surface area (TPSA) is 41.1 Å². The molecule has 0 unspecified atom stereocenters. The van der Waals surface area contributed by atoms with Crippen molar-refractivity contribution in [2.45, 2.75) is 20.3 Å². The Bertz CT molecular complexity index is 329. The smallest absolute Gasteiger partial charge is 0.147 e. The van der Waals surface area contributed by atoms with E-state index in [1.807, 2.05) is 20.0 Å². The van der Waals surface area contributed by atoms with Crippen LogP contribution >= 0.6 is 0 Å². The Morgan fingerprint density at radius 1 is 1.20 bits per heavy atom. The normalized spacial score (nSPS) is 17.6. The van der Waals surface area contributed by atoms with E-state index in [2.05, 4.69) is 20.2 Å². The Morgan fingerprint density at radius 2 is 2.07 bits per heavy atom. The highest BCUT2D eigenvalue weighted by atomic mass is 15.2. The molecular formula is C11H18N4. The molecule has 1 aromatic heterocycles. The van der Waals surface area contributed by atoms with Gasteiger partial charge in [0.05, 0.1) is 17.6 Å². The summed E-state index contributed by atoms with van der Waals surface area (Å²) in [5, 5.41) is 3.38. The van der Waals surface area contributed by atoms with Crippen LogP contribution in [0.25, 0.3) is 0 Å². The van der Waals surface area contributed by atoms with Gasteiger partial charge in [-0.3, -0.25) is 4.98 Å². The van der Waals surface area contributed by atoms with Crippen molar-refractivity contribution in [1.29, 1.82) is 0 Å². The summed E-state index contributed by atoms with van der Waals surface area (Å²) < 4.78 is 0. The molecule has 1 N–H and O–H groups in total. The lowest BCUT2D eigenvalue weighted by atomic mass is 10.3. The molecule has 0 atom stereocenters. The maximum Gasteiger partial charge on any atom is 0.147 e. The molecule has 1 fully saturated rings. The molecule has 4 nitrogen and oxygen atoms in total. The Labute approximate surface area is 90.7 Å². The average molecular weight is 206 g/mol. The molecule has 0 aromatic carbocycles. The van der Waals surface area contributed by atoms with Gasteiger partial charge in [0.1, 0.15) is 5.82 Å². The zero-order chi connectivity index (χ0) is 10.7. The van der Waals surface area contributed by atoms with E-state index >= 15 is 0 Å². The van der Waals surface area contributed by atoms with Crippen LogP contribution in [0.15, 0.2) is 6.20 Å². The number of aryl methyl sites for hydroxylation is 2. The number of hydrogen-bond acceptors (Lipinski definition) is 4. The third-order valence-corrected chi connectivity index (χ3v) is 2.84. The van der Waals surface area contributed by atoms with Crippen molar-refractivity contribution < 1.29 is 0 Å². The molecule has 1 aliphatic heterocycles. The van der Waals surface area contributed by atoms with Gasteiger partial charge >= 0.3 is 0 Å². The van der Waals surface area contributed by atoms with Crippen molar-refractivity contribution in [2.75, 3.05) is 31.1 Å². The summed E-state index contributed by atoms with van der Waals surface area (Å²) in [6.45, 7) is 8.25. The van der Waals surface area contributed by atoms with E-state index < -0.39 is 0 Å². The molecular weight excluding hydrogens is 188 g/mol. The van der Waals surface area contributed by atoms with Gasteiger partial charge in [0.25, 0.3) is 0 Å². The van der Waals surface area contributed by atoms with E-state index in [9.17, 15) is 0 Å². The number of aromatic nitrogens is 2. The summed E-state index contributed by atoms with van der Waals surface area (Å²) in [6, 6.07) is 0. The Kier molecular flexibility index (Phi) is 3.16. The van der Waals surface area contributed by atoms with Gasteiger partial charge in [-0.25, -0.2) is 4.98 Å². The standard InChI is InChI=1S/C11H18N4/c1-9-10(2)14-11(8-13-9)15-6-3-4-12-5-7-15/h8,12H,3-7H2,1-2H3. The van der Waals surface area contributed by atoms with Crippen LogP contribution in [0.3, 0.4) is 0 Å². The number of anilines is 1. The van der Waals surface area contributed by atoms with Crippen LogP contribution in [0.1, 0.15) is 17.8 Å². The van der Waals surface area contributed by atoms with Gasteiger partial charge in [-0.1, -0.05) is 0 Å². The number of hydrogen-bond donors (Lipinski definition) is 1. The first-order chi connectivity index (χ1) is 7.27. The fraction of sp³-hybridized carbons (Fsp3) is 0.636. The molecule has 4 heteroatoms. The fourth-order valence-electron chi connectivity index (χ4n) is 1.76. The molecule has 0 amide bonds. The highest BCUT2D eigenvalue weighted by molar-refractivity contribution is 5.37. The third-order valence-electron chi connectivity index (χ3n) is 2.84. The SMILES string of the molecule is Cc1ncc(N2CCCNCC2)nc1C. The molecule has 1 aliphatic rings. The van der Waals surface area contributed by atoms with Crippen LogP contribution in [0.2, 0.25) is 0 Å². The minimum atomic E-state index is 1.02. The van der Waals surface area contributed by atoms with E-state index in [1.165, 1.54) is 6.42 Å². The van der Waals surface area contributed by atoms with Gasteiger partial charge < -0.3 is 10.2 Å². The molecule has 1 saturated heterocycles. The molecule has 1 aromatic rings. The van der Waals surface area contributed by atoms with Crippen LogP contribution in [0, 0.1) is 13.8 Å². The summed E-state index contributed by atoms with van der Waals surface area (Å²) in [7, 11) is 0. The predicted octanol–water partition coefficient (Wildman–Crippen LogP) is 0.893. The largest absolute Gasteiger partial charge is 0.354 e. The van der Waals surface area contributed by atoms with E-state index in [0.29, 0.717) is 0 Å². The zero-order valence-corrected chi connectivity index (χ0v) is 9.45. The molecule has 0 radical (unpaired) electrons. The minimum Gasteiger partial charge on any atom is -0.354 e. The van der Waals surface area contributed by atoms with Gasteiger partial charge in [-0.2, -0.15) is 0 Å². The van der Waals surface area contributed by atoms with Gasteiger partial charge in [0.2, 0.25) is 0 Å². The van der Waals surface area contributed by atoms with Gasteiger partial charge in [-0.15, -0.1) is 0 Å². The number of nitrogens with one attached hydrogen (secondary N) is 1. The highest BCUT2D eigenvalue weighted by Gasteiger charge is 2.11. The van der Waals surface area contributed by atoms with Crippen molar-refractivity contribution in [2.24, 2.45) is 0 Å². The maximum atomic E-state index is 4.57. The Balaban J connectivity index is 2.16. The summed E-state index contributed by atoms with van der Waals surface area (Å²) in [5.41, 5.74) is 2.05. The first kappa shape index (κ1) is 10.4. The van der Waals surface area contributed by atoms with E-state index in [4.69, 9.17) is 0 Å².